The van der Waals surface area contributed by atoms with Crippen molar-refractivity contribution in [1.82, 2.24) is 7.96 Å². The third-order valence-corrected chi connectivity index (χ3v) is 5.36. The molecule has 102 valence electrons. The predicted molar refractivity (Wildman–Crippen MR) is 80.8 cm³/mol. The van der Waals surface area contributed by atoms with Gasteiger partial charge in [0.2, 0.25) is 0 Å². The molecule has 19 heavy (non-hydrogen) atoms. The Bertz CT molecular complexity index is 561. The zero-order valence-electron chi connectivity index (χ0n) is 11.6. The maximum absolute atomic E-state index is 4.55. The molecule has 1 aromatic carbocycles. The van der Waals surface area contributed by atoms with Crippen molar-refractivity contribution in [2.45, 2.75) is 52.0 Å². The molecule has 1 fully saturated rings. The maximum atomic E-state index is 4.55. The standard InChI is InChI=1S/C15H21N3Se/c1-15(2)9-4-5-11(8-10-15)16-12-6-3-7-13-14(12)18-19-17-13/h3,6-7,11,16H,4-5,8-10H2,1-2H3. The van der Waals surface area contributed by atoms with Crippen LogP contribution in [-0.2, 0) is 0 Å². The molecule has 0 spiro atoms. The molecule has 1 heterocycles. The van der Waals surface area contributed by atoms with Crippen molar-refractivity contribution in [2.75, 3.05) is 5.32 Å². The molecule has 0 amide bonds. The summed E-state index contributed by atoms with van der Waals surface area (Å²) >= 11 is 0.0611. The molecule has 1 N–H and O–H groups in total. The molecule has 1 aromatic heterocycles. The van der Waals surface area contributed by atoms with E-state index < -0.39 is 0 Å². The van der Waals surface area contributed by atoms with Gasteiger partial charge in [-0.3, -0.25) is 0 Å². The van der Waals surface area contributed by atoms with Gasteiger partial charge in [0.1, 0.15) is 0 Å². The Labute approximate surface area is 121 Å². The molecular weight excluding hydrogens is 301 g/mol. The average Bonchev–Trinajstić information content (AvgIpc) is 2.78. The van der Waals surface area contributed by atoms with Crippen LogP contribution in [0.4, 0.5) is 5.69 Å². The number of nitrogens with zero attached hydrogens (tertiary/aromatic N) is 2. The summed E-state index contributed by atoms with van der Waals surface area (Å²) in [5.74, 6) is 0. The second kappa shape index (κ2) is 5.26. The monoisotopic (exact) mass is 323 g/mol. The Kier molecular flexibility index (Phi) is 3.64. The summed E-state index contributed by atoms with van der Waals surface area (Å²) in [7, 11) is 0. The average molecular weight is 322 g/mol. The number of hydrogen-bond donors (Lipinski definition) is 1. The normalized spacial score (nSPS) is 23.2. The molecule has 2 aromatic rings. The van der Waals surface area contributed by atoms with Crippen molar-refractivity contribution in [1.29, 1.82) is 0 Å². The fourth-order valence-electron chi connectivity index (χ4n) is 2.95. The summed E-state index contributed by atoms with van der Waals surface area (Å²) in [6, 6.07) is 6.89. The van der Waals surface area contributed by atoms with Gasteiger partial charge in [-0.15, -0.1) is 0 Å². The van der Waals surface area contributed by atoms with Gasteiger partial charge < -0.3 is 0 Å². The van der Waals surface area contributed by atoms with Crippen molar-refractivity contribution in [3.05, 3.63) is 18.2 Å². The van der Waals surface area contributed by atoms with Crippen LogP contribution in [0.5, 0.6) is 0 Å². The van der Waals surface area contributed by atoms with Crippen molar-refractivity contribution < 1.29 is 0 Å². The molecule has 0 aliphatic heterocycles. The summed E-state index contributed by atoms with van der Waals surface area (Å²) < 4.78 is 9.00. The first kappa shape index (κ1) is 13.1. The van der Waals surface area contributed by atoms with Gasteiger partial charge in [0.05, 0.1) is 0 Å². The summed E-state index contributed by atoms with van der Waals surface area (Å²) in [6.07, 6.45) is 6.52. The van der Waals surface area contributed by atoms with Crippen LogP contribution in [-0.4, -0.2) is 29.0 Å². The number of anilines is 1. The van der Waals surface area contributed by atoms with Crippen molar-refractivity contribution in [3.8, 4) is 0 Å². The molecule has 0 saturated heterocycles. The zero-order chi connectivity index (χ0) is 13.3. The minimum absolute atomic E-state index is 0.0611. The fraction of sp³-hybridized carbons (Fsp3) is 0.600. The molecule has 1 atom stereocenters. The number of rotatable bonds is 2. The third kappa shape index (κ3) is 3.01. The van der Waals surface area contributed by atoms with Crippen molar-refractivity contribution >= 4 is 31.7 Å². The Morgan fingerprint density at radius 2 is 2.11 bits per heavy atom. The topological polar surface area (TPSA) is 37.8 Å². The molecule has 3 rings (SSSR count). The molecule has 4 heteroatoms. The fourth-order valence-corrected chi connectivity index (χ4v) is 4.10. The van der Waals surface area contributed by atoms with Gasteiger partial charge in [0.25, 0.3) is 0 Å². The molecular formula is C15H21N3Se. The van der Waals surface area contributed by atoms with Crippen LogP contribution in [0.15, 0.2) is 18.2 Å². The van der Waals surface area contributed by atoms with E-state index in [1.807, 2.05) is 0 Å². The number of fused-ring (bicyclic) bond motifs is 1. The minimum atomic E-state index is 0.0611. The number of nitrogens with one attached hydrogen (secondary N) is 1. The van der Waals surface area contributed by atoms with Gasteiger partial charge >= 0.3 is 121 Å². The Balaban J connectivity index is 1.76. The predicted octanol–water partition coefficient (Wildman–Crippen LogP) is 3.46. The molecule has 1 aliphatic rings. The van der Waals surface area contributed by atoms with E-state index in [-0.39, 0.29) is 15.0 Å². The van der Waals surface area contributed by atoms with Crippen LogP contribution in [0.3, 0.4) is 0 Å². The van der Waals surface area contributed by atoms with Gasteiger partial charge in [-0.1, -0.05) is 0 Å². The van der Waals surface area contributed by atoms with Crippen molar-refractivity contribution in [3.63, 3.8) is 0 Å². The van der Waals surface area contributed by atoms with E-state index >= 15 is 0 Å². The zero-order valence-corrected chi connectivity index (χ0v) is 13.4. The Hall–Kier alpha value is -0.861. The first-order valence-corrected chi connectivity index (χ1v) is 8.65. The van der Waals surface area contributed by atoms with E-state index in [4.69, 9.17) is 0 Å². The SMILES string of the molecule is CC1(C)CCCC(Nc2cccc3n[se]nc23)CC1. The number of aromatic nitrogens is 2. The van der Waals surface area contributed by atoms with Crippen LogP contribution in [0.25, 0.3) is 11.0 Å². The van der Waals surface area contributed by atoms with Crippen LogP contribution in [0.2, 0.25) is 0 Å². The van der Waals surface area contributed by atoms with E-state index in [1.165, 1.54) is 37.8 Å². The second-order valence-electron chi connectivity index (χ2n) is 6.37. The Morgan fingerprint density at radius 3 is 3.00 bits per heavy atom. The van der Waals surface area contributed by atoms with Gasteiger partial charge in [-0.25, -0.2) is 0 Å². The summed E-state index contributed by atoms with van der Waals surface area (Å²) in [5, 5.41) is 3.72. The van der Waals surface area contributed by atoms with Gasteiger partial charge in [-0.05, 0) is 0 Å². The Morgan fingerprint density at radius 1 is 1.21 bits per heavy atom. The van der Waals surface area contributed by atoms with E-state index in [0.29, 0.717) is 11.5 Å². The number of benzene rings is 1. The second-order valence-corrected chi connectivity index (χ2v) is 7.48. The van der Waals surface area contributed by atoms with Gasteiger partial charge in [-0.2, -0.15) is 0 Å². The van der Waals surface area contributed by atoms with Gasteiger partial charge in [0, 0.05) is 0 Å². The third-order valence-electron chi connectivity index (χ3n) is 4.22. The van der Waals surface area contributed by atoms with E-state index in [1.54, 1.807) is 0 Å². The summed E-state index contributed by atoms with van der Waals surface area (Å²) in [6.45, 7) is 4.79. The summed E-state index contributed by atoms with van der Waals surface area (Å²) in [5.41, 5.74) is 3.85. The quantitative estimate of drug-likeness (QED) is 0.680. The molecule has 1 unspecified atom stereocenters. The first-order valence-electron chi connectivity index (χ1n) is 7.12. The number of hydrogen-bond acceptors (Lipinski definition) is 3. The first-order chi connectivity index (χ1) is 9.14. The molecule has 1 aliphatic carbocycles. The summed E-state index contributed by atoms with van der Waals surface area (Å²) in [4.78, 5) is 0. The van der Waals surface area contributed by atoms with Crippen LogP contribution >= 0.6 is 0 Å². The molecule has 0 bridgehead atoms. The van der Waals surface area contributed by atoms with Crippen LogP contribution < -0.4 is 5.32 Å². The molecule has 3 nitrogen and oxygen atoms in total. The van der Waals surface area contributed by atoms with E-state index in [0.717, 1.165) is 11.0 Å². The van der Waals surface area contributed by atoms with Crippen molar-refractivity contribution in [2.24, 2.45) is 5.41 Å². The van der Waals surface area contributed by atoms with Gasteiger partial charge in [0.15, 0.2) is 0 Å². The molecule has 0 radical (unpaired) electrons. The van der Waals surface area contributed by atoms with E-state index in [2.05, 4.69) is 45.3 Å². The van der Waals surface area contributed by atoms with Crippen LogP contribution in [0, 0.1) is 5.41 Å². The molecule has 1 saturated carbocycles. The van der Waals surface area contributed by atoms with Crippen LogP contribution in [0.1, 0.15) is 46.0 Å². The van der Waals surface area contributed by atoms with E-state index in [9.17, 15) is 0 Å².